The van der Waals surface area contributed by atoms with E-state index in [1.165, 1.54) is 12.1 Å². The Kier molecular flexibility index (Phi) is 4.43. The van der Waals surface area contributed by atoms with Crippen molar-refractivity contribution in [3.8, 4) is 11.6 Å². The molecule has 0 unspecified atom stereocenters. The number of fused-ring (bicyclic) bond motifs is 1. The molecular formula is C17H11ClF3NO3. The molecule has 0 saturated carbocycles. The summed E-state index contributed by atoms with van der Waals surface area (Å²) in [6.07, 6.45) is -3.26. The second-order valence-electron chi connectivity index (χ2n) is 5.21. The van der Waals surface area contributed by atoms with Crippen molar-refractivity contribution < 1.29 is 22.3 Å². The van der Waals surface area contributed by atoms with Gasteiger partial charge >= 0.3 is 11.8 Å². The molecule has 2 aromatic heterocycles. The number of ether oxygens (including phenoxy) is 1. The summed E-state index contributed by atoms with van der Waals surface area (Å²) in [6.45, 7) is 1.91. The predicted molar refractivity (Wildman–Crippen MR) is 86.2 cm³/mol. The van der Waals surface area contributed by atoms with Gasteiger partial charge < -0.3 is 9.15 Å². The Morgan fingerprint density at radius 2 is 2.00 bits per heavy atom. The lowest BCUT2D eigenvalue weighted by Crippen LogP contribution is -2.05. The summed E-state index contributed by atoms with van der Waals surface area (Å²) >= 11 is 5.82. The number of alkyl halides is 3. The highest BCUT2D eigenvalue weighted by Gasteiger charge is 2.31. The average Bonchev–Trinajstić information content (AvgIpc) is 2.54. The minimum Gasteiger partial charge on any atom is -0.437 e. The third-order valence-corrected chi connectivity index (χ3v) is 3.80. The van der Waals surface area contributed by atoms with Gasteiger partial charge in [-0.05, 0) is 30.2 Å². The number of halogens is 4. The molecule has 130 valence electrons. The van der Waals surface area contributed by atoms with Crippen LogP contribution in [0.2, 0.25) is 5.02 Å². The number of aryl methyl sites for hydroxylation is 1. The van der Waals surface area contributed by atoms with Crippen LogP contribution >= 0.6 is 11.6 Å². The van der Waals surface area contributed by atoms with Gasteiger partial charge in [0.15, 0.2) is 0 Å². The standard InChI is InChI=1S/C17H11ClF3NO3/c1-2-9-5-15(23)25-14-7-11(3-4-12(9)14)24-16-13(18)6-10(8-22-16)17(19,20)21/h3-8H,2H2,1H3. The number of hydrogen-bond acceptors (Lipinski definition) is 4. The molecule has 0 aliphatic rings. The third-order valence-electron chi connectivity index (χ3n) is 3.53. The van der Waals surface area contributed by atoms with Crippen LogP contribution in [-0.2, 0) is 12.6 Å². The molecule has 0 atom stereocenters. The molecule has 2 heterocycles. The molecule has 0 N–H and O–H groups in total. The van der Waals surface area contributed by atoms with Crippen LogP contribution in [0.25, 0.3) is 11.0 Å². The molecule has 1 aromatic carbocycles. The zero-order valence-electron chi connectivity index (χ0n) is 12.9. The summed E-state index contributed by atoms with van der Waals surface area (Å²) in [5.74, 6) is 0.0565. The van der Waals surface area contributed by atoms with Crippen LogP contribution < -0.4 is 10.4 Å². The SMILES string of the molecule is CCc1cc(=O)oc2cc(Oc3ncc(C(F)(F)F)cc3Cl)ccc12. The Hall–Kier alpha value is -2.54. The largest absolute Gasteiger partial charge is 0.437 e. The zero-order chi connectivity index (χ0) is 18.2. The average molecular weight is 370 g/mol. The van der Waals surface area contributed by atoms with E-state index in [9.17, 15) is 18.0 Å². The Morgan fingerprint density at radius 3 is 2.64 bits per heavy atom. The maximum Gasteiger partial charge on any atom is 0.417 e. The second kappa shape index (κ2) is 6.40. The Bertz CT molecular complexity index is 999. The van der Waals surface area contributed by atoms with Crippen LogP contribution in [0.15, 0.2) is 45.7 Å². The van der Waals surface area contributed by atoms with Gasteiger partial charge in [-0.25, -0.2) is 9.78 Å². The summed E-state index contributed by atoms with van der Waals surface area (Å²) in [4.78, 5) is 15.2. The highest BCUT2D eigenvalue weighted by Crippen LogP contribution is 2.35. The lowest BCUT2D eigenvalue weighted by molar-refractivity contribution is -0.137. The summed E-state index contributed by atoms with van der Waals surface area (Å²) < 4.78 is 48.5. The highest BCUT2D eigenvalue weighted by molar-refractivity contribution is 6.31. The lowest BCUT2D eigenvalue weighted by Gasteiger charge is -2.10. The van der Waals surface area contributed by atoms with Crippen molar-refractivity contribution in [3.05, 3.63) is 63.1 Å². The van der Waals surface area contributed by atoms with E-state index in [2.05, 4.69) is 4.98 Å². The quantitative estimate of drug-likeness (QED) is 0.594. The van der Waals surface area contributed by atoms with Gasteiger partial charge in [-0.1, -0.05) is 18.5 Å². The van der Waals surface area contributed by atoms with Crippen molar-refractivity contribution in [2.24, 2.45) is 0 Å². The zero-order valence-corrected chi connectivity index (χ0v) is 13.6. The molecule has 0 radical (unpaired) electrons. The van der Waals surface area contributed by atoms with Crippen LogP contribution in [0.3, 0.4) is 0 Å². The first-order valence-electron chi connectivity index (χ1n) is 7.25. The minimum atomic E-state index is -4.54. The van der Waals surface area contributed by atoms with Gasteiger partial charge in [0.1, 0.15) is 16.4 Å². The molecule has 0 amide bonds. The Labute approximate surface area is 144 Å². The van der Waals surface area contributed by atoms with Gasteiger partial charge in [0, 0.05) is 23.7 Å². The van der Waals surface area contributed by atoms with Crippen molar-refractivity contribution in [1.29, 1.82) is 0 Å². The molecule has 3 rings (SSSR count). The number of benzene rings is 1. The van der Waals surface area contributed by atoms with Gasteiger partial charge in [-0.15, -0.1) is 0 Å². The topological polar surface area (TPSA) is 52.3 Å². The molecule has 3 aromatic rings. The molecule has 0 fully saturated rings. The van der Waals surface area contributed by atoms with E-state index in [0.717, 1.165) is 17.0 Å². The maximum absolute atomic E-state index is 12.6. The molecule has 25 heavy (non-hydrogen) atoms. The van der Waals surface area contributed by atoms with Gasteiger partial charge in [0.2, 0.25) is 5.88 Å². The van der Waals surface area contributed by atoms with E-state index in [4.69, 9.17) is 20.8 Å². The summed E-state index contributed by atoms with van der Waals surface area (Å²) in [7, 11) is 0. The summed E-state index contributed by atoms with van der Waals surface area (Å²) in [5, 5.41) is 0.472. The maximum atomic E-state index is 12.6. The van der Waals surface area contributed by atoms with Crippen LogP contribution in [0.1, 0.15) is 18.1 Å². The van der Waals surface area contributed by atoms with E-state index in [-0.39, 0.29) is 16.7 Å². The molecule has 0 aliphatic carbocycles. The van der Waals surface area contributed by atoms with Gasteiger partial charge in [-0.2, -0.15) is 13.2 Å². The van der Waals surface area contributed by atoms with Crippen LogP contribution in [0.4, 0.5) is 13.2 Å². The first-order chi connectivity index (χ1) is 11.8. The second-order valence-corrected chi connectivity index (χ2v) is 5.62. The molecule has 4 nitrogen and oxygen atoms in total. The monoisotopic (exact) mass is 369 g/mol. The molecule has 8 heteroatoms. The van der Waals surface area contributed by atoms with E-state index >= 15 is 0 Å². The normalized spacial score (nSPS) is 11.7. The first-order valence-corrected chi connectivity index (χ1v) is 7.63. The highest BCUT2D eigenvalue weighted by atomic mass is 35.5. The first kappa shape index (κ1) is 17.3. The number of nitrogens with zero attached hydrogens (tertiary/aromatic N) is 1. The molecule has 0 saturated heterocycles. The number of hydrogen-bond donors (Lipinski definition) is 0. The number of pyridine rings is 1. The van der Waals surface area contributed by atoms with E-state index in [1.807, 2.05) is 6.92 Å². The Balaban J connectivity index is 1.97. The molecule has 0 bridgehead atoms. The predicted octanol–water partition coefficient (Wildman–Crippen LogP) is 5.21. The van der Waals surface area contributed by atoms with Crippen LogP contribution in [0, 0.1) is 0 Å². The van der Waals surface area contributed by atoms with Crippen LogP contribution in [0.5, 0.6) is 11.6 Å². The minimum absolute atomic E-state index is 0.178. The lowest BCUT2D eigenvalue weighted by atomic mass is 10.1. The fourth-order valence-corrected chi connectivity index (χ4v) is 2.54. The van der Waals surface area contributed by atoms with E-state index in [1.54, 1.807) is 12.1 Å². The summed E-state index contributed by atoms with van der Waals surface area (Å²) in [6, 6.07) is 6.91. The van der Waals surface area contributed by atoms with Gasteiger partial charge in [0.05, 0.1) is 5.56 Å². The van der Waals surface area contributed by atoms with Crippen molar-refractivity contribution in [3.63, 3.8) is 0 Å². The fourth-order valence-electron chi connectivity index (χ4n) is 2.33. The number of aromatic nitrogens is 1. The molecule has 0 spiro atoms. The smallest absolute Gasteiger partial charge is 0.417 e. The molecular weight excluding hydrogens is 359 g/mol. The van der Waals surface area contributed by atoms with Crippen molar-refractivity contribution >= 4 is 22.6 Å². The third kappa shape index (κ3) is 3.61. The molecule has 0 aliphatic heterocycles. The van der Waals surface area contributed by atoms with Crippen molar-refractivity contribution in [1.82, 2.24) is 4.98 Å². The van der Waals surface area contributed by atoms with E-state index < -0.39 is 17.4 Å². The number of rotatable bonds is 3. The van der Waals surface area contributed by atoms with Gasteiger partial charge in [-0.3, -0.25) is 0 Å². The van der Waals surface area contributed by atoms with Gasteiger partial charge in [0.25, 0.3) is 0 Å². The fraction of sp³-hybridized carbons (Fsp3) is 0.176. The van der Waals surface area contributed by atoms with E-state index in [0.29, 0.717) is 18.2 Å². The van der Waals surface area contributed by atoms with Crippen molar-refractivity contribution in [2.45, 2.75) is 19.5 Å². The summed E-state index contributed by atoms with van der Waals surface area (Å²) in [5.41, 5.74) is -0.331. The Morgan fingerprint density at radius 1 is 1.24 bits per heavy atom. The van der Waals surface area contributed by atoms with Crippen molar-refractivity contribution in [2.75, 3.05) is 0 Å². The van der Waals surface area contributed by atoms with Crippen LogP contribution in [-0.4, -0.2) is 4.98 Å².